The van der Waals surface area contributed by atoms with E-state index in [1.165, 1.54) is 6.07 Å². The van der Waals surface area contributed by atoms with Crippen LogP contribution in [0.4, 0.5) is 13.2 Å². The Bertz CT molecular complexity index is 565. The predicted molar refractivity (Wildman–Crippen MR) is 57.9 cm³/mol. The van der Waals surface area contributed by atoms with Crippen molar-refractivity contribution in [1.29, 1.82) is 0 Å². The molecule has 1 rings (SSSR count). The second-order valence-electron chi connectivity index (χ2n) is 3.34. The summed E-state index contributed by atoms with van der Waals surface area (Å²) in [5, 5.41) is 0. The largest absolute Gasteiger partial charge is 0.425 e. The van der Waals surface area contributed by atoms with Crippen molar-refractivity contribution < 1.29 is 35.3 Å². The van der Waals surface area contributed by atoms with E-state index in [1.807, 2.05) is 0 Å². The zero-order valence-electron chi connectivity index (χ0n) is 9.60. The highest BCUT2D eigenvalue weighted by atomic mass is 32.2. The first-order chi connectivity index (χ1) is 8.65. The highest BCUT2D eigenvalue weighted by Gasteiger charge is 2.34. The number of rotatable bonds is 4. The van der Waals surface area contributed by atoms with Gasteiger partial charge in [-0.1, -0.05) is 12.1 Å². The summed E-state index contributed by atoms with van der Waals surface area (Å²) in [5.41, 5.74) is -1.17. The molecule has 0 atom stereocenters. The van der Waals surface area contributed by atoms with Gasteiger partial charge in [0.25, 0.3) is 10.1 Å². The average molecular weight is 298 g/mol. The Hall–Kier alpha value is -1.61. The van der Waals surface area contributed by atoms with Crippen molar-refractivity contribution >= 4 is 16.1 Å². The van der Waals surface area contributed by atoms with Crippen LogP contribution in [-0.2, 0) is 25.3 Å². The Morgan fingerprint density at radius 2 is 1.84 bits per heavy atom. The Morgan fingerprint density at radius 1 is 1.26 bits per heavy atom. The molecule has 0 fully saturated rings. The minimum atomic E-state index is -4.71. The van der Waals surface area contributed by atoms with E-state index in [9.17, 15) is 26.4 Å². The van der Waals surface area contributed by atoms with Gasteiger partial charge in [0.2, 0.25) is 0 Å². The van der Waals surface area contributed by atoms with Crippen LogP contribution in [0.2, 0.25) is 0 Å². The van der Waals surface area contributed by atoms with Crippen LogP contribution >= 0.6 is 0 Å². The molecule has 106 valence electrons. The van der Waals surface area contributed by atoms with Gasteiger partial charge in [-0.3, -0.25) is 8.98 Å². The molecule has 0 aliphatic heterocycles. The molecule has 0 heterocycles. The maximum absolute atomic E-state index is 12.6. The molecule has 0 radical (unpaired) electrons. The molecule has 0 aliphatic carbocycles. The average Bonchev–Trinajstić information content (AvgIpc) is 2.27. The molecular weight excluding hydrogens is 289 g/mol. The molecule has 0 bridgehead atoms. The third-order valence-corrected chi connectivity index (χ3v) is 3.06. The molecule has 0 amide bonds. The number of benzene rings is 1. The Kier molecular flexibility index (Phi) is 4.53. The van der Waals surface area contributed by atoms with E-state index in [4.69, 9.17) is 0 Å². The first-order valence-corrected chi connectivity index (χ1v) is 6.38. The second-order valence-corrected chi connectivity index (χ2v) is 5.07. The van der Waals surface area contributed by atoms with E-state index in [0.717, 1.165) is 19.2 Å². The van der Waals surface area contributed by atoms with E-state index in [-0.39, 0.29) is 0 Å². The number of carbonyl (C=O) groups is 1. The summed E-state index contributed by atoms with van der Waals surface area (Å²) < 4.78 is 68.0. The monoisotopic (exact) mass is 298 g/mol. The van der Waals surface area contributed by atoms with Crippen molar-refractivity contribution in [1.82, 2.24) is 0 Å². The fourth-order valence-electron chi connectivity index (χ4n) is 1.15. The summed E-state index contributed by atoms with van der Waals surface area (Å²) in [4.78, 5) is 11.2. The smallest absolute Gasteiger partial charge is 0.419 e. The third-order valence-electron chi connectivity index (χ3n) is 1.96. The quantitative estimate of drug-likeness (QED) is 0.479. The van der Waals surface area contributed by atoms with Gasteiger partial charge in [0.05, 0.1) is 12.7 Å². The Labute approximate surface area is 107 Å². The van der Waals surface area contributed by atoms with E-state index in [1.54, 1.807) is 0 Å². The molecule has 9 heteroatoms. The molecule has 5 nitrogen and oxygen atoms in total. The van der Waals surface area contributed by atoms with Gasteiger partial charge in [0.1, 0.15) is 5.75 Å². The number of esters is 1. The van der Waals surface area contributed by atoms with E-state index in [0.29, 0.717) is 6.07 Å². The van der Waals surface area contributed by atoms with Crippen LogP contribution < -0.4 is 4.74 Å². The van der Waals surface area contributed by atoms with E-state index in [2.05, 4.69) is 8.92 Å². The number of carbonyl (C=O) groups excluding carboxylic acids is 1. The summed E-state index contributed by atoms with van der Waals surface area (Å²) in [5.74, 6) is -3.29. The molecule has 0 N–H and O–H groups in total. The summed E-state index contributed by atoms with van der Waals surface area (Å²) in [7, 11) is -3.32. The van der Waals surface area contributed by atoms with Crippen molar-refractivity contribution in [2.75, 3.05) is 12.9 Å². The van der Waals surface area contributed by atoms with Crippen LogP contribution in [0.5, 0.6) is 5.75 Å². The van der Waals surface area contributed by atoms with Gasteiger partial charge in [-0.05, 0) is 12.1 Å². The van der Waals surface area contributed by atoms with Crippen LogP contribution in [0.3, 0.4) is 0 Å². The van der Waals surface area contributed by atoms with Crippen LogP contribution in [-0.4, -0.2) is 27.2 Å². The van der Waals surface area contributed by atoms with Crippen LogP contribution in [0.15, 0.2) is 24.3 Å². The molecule has 0 saturated heterocycles. The number of para-hydroxylation sites is 1. The fourth-order valence-corrected chi connectivity index (χ4v) is 1.61. The zero-order valence-corrected chi connectivity index (χ0v) is 10.4. The van der Waals surface area contributed by atoms with Gasteiger partial charge < -0.3 is 4.74 Å². The lowest BCUT2D eigenvalue weighted by Gasteiger charge is -2.12. The first-order valence-electron chi connectivity index (χ1n) is 4.81. The number of hydrogen-bond acceptors (Lipinski definition) is 5. The lowest BCUT2D eigenvalue weighted by atomic mass is 10.2. The summed E-state index contributed by atoms with van der Waals surface area (Å²) >= 11 is 0. The molecule has 0 unspecified atom stereocenters. The van der Waals surface area contributed by atoms with Gasteiger partial charge in [-0.2, -0.15) is 21.6 Å². The molecule has 0 aliphatic rings. The van der Waals surface area contributed by atoms with Crippen LogP contribution in [0.1, 0.15) is 5.56 Å². The highest BCUT2D eigenvalue weighted by Crippen LogP contribution is 2.35. The number of alkyl halides is 3. The van der Waals surface area contributed by atoms with Crippen molar-refractivity contribution in [2.24, 2.45) is 0 Å². The second kappa shape index (κ2) is 5.57. The molecule has 1 aromatic carbocycles. The Morgan fingerprint density at radius 3 is 2.37 bits per heavy atom. The normalized spacial score (nSPS) is 12.2. The third kappa shape index (κ3) is 4.52. The zero-order chi connectivity index (χ0) is 14.7. The van der Waals surface area contributed by atoms with Gasteiger partial charge in [0.15, 0.2) is 5.75 Å². The fraction of sp³-hybridized carbons (Fsp3) is 0.300. The summed E-state index contributed by atoms with van der Waals surface area (Å²) in [6.07, 6.45) is -4.71. The van der Waals surface area contributed by atoms with Gasteiger partial charge in [-0.25, -0.2) is 0 Å². The van der Waals surface area contributed by atoms with Crippen molar-refractivity contribution in [2.45, 2.75) is 6.18 Å². The molecule has 19 heavy (non-hydrogen) atoms. The van der Waals surface area contributed by atoms with Crippen molar-refractivity contribution in [3.05, 3.63) is 29.8 Å². The minimum Gasteiger partial charge on any atom is -0.425 e. The summed E-state index contributed by atoms with van der Waals surface area (Å²) in [6, 6.07) is 3.97. The summed E-state index contributed by atoms with van der Waals surface area (Å²) in [6.45, 7) is 0. The maximum atomic E-state index is 12.6. The highest BCUT2D eigenvalue weighted by molar-refractivity contribution is 7.87. The van der Waals surface area contributed by atoms with Crippen molar-refractivity contribution in [3.8, 4) is 5.75 Å². The number of ether oxygens (including phenoxy) is 1. The predicted octanol–water partition coefficient (Wildman–Crippen LogP) is 1.59. The SMILES string of the molecule is COS(=O)(=O)CC(=O)Oc1ccccc1C(F)(F)F. The maximum Gasteiger partial charge on any atom is 0.419 e. The first kappa shape index (κ1) is 15.4. The standard InChI is InChI=1S/C10H9F3O5S/c1-17-19(15,16)6-9(14)18-8-5-3-2-4-7(8)10(11,12)13/h2-5H,6H2,1H3. The molecule has 0 spiro atoms. The van der Waals surface area contributed by atoms with Crippen LogP contribution in [0, 0.1) is 0 Å². The number of hydrogen-bond donors (Lipinski definition) is 0. The molecule has 0 aromatic heterocycles. The minimum absolute atomic E-state index is 0.716. The van der Waals surface area contributed by atoms with E-state index >= 15 is 0 Å². The lowest BCUT2D eigenvalue weighted by molar-refractivity contribution is -0.141. The van der Waals surface area contributed by atoms with Crippen molar-refractivity contribution in [3.63, 3.8) is 0 Å². The molecular formula is C10H9F3O5S. The Balaban J connectivity index is 2.92. The van der Waals surface area contributed by atoms with Crippen LogP contribution in [0.25, 0.3) is 0 Å². The molecule has 0 saturated carbocycles. The van der Waals surface area contributed by atoms with E-state index < -0.39 is 39.3 Å². The lowest BCUT2D eigenvalue weighted by Crippen LogP contribution is -2.22. The topological polar surface area (TPSA) is 69.7 Å². The number of halogens is 3. The van der Waals surface area contributed by atoms with Gasteiger partial charge in [0, 0.05) is 0 Å². The van der Waals surface area contributed by atoms with Gasteiger partial charge >= 0.3 is 12.1 Å². The van der Waals surface area contributed by atoms with Gasteiger partial charge in [-0.15, -0.1) is 0 Å². The molecule has 1 aromatic rings.